The maximum absolute atomic E-state index is 12.6. The molecule has 1 fully saturated rings. The fourth-order valence-electron chi connectivity index (χ4n) is 2.47. The molecule has 1 aromatic rings. The minimum absolute atomic E-state index is 0.455. The zero-order valence-corrected chi connectivity index (χ0v) is 14.4. The van der Waals surface area contributed by atoms with Crippen LogP contribution < -0.4 is 5.32 Å². The molecule has 0 saturated carbocycles. The summed E-state index contributed by atoms with van der Waals surface area (Å²) in [5.41, 5.74) is 0. The molecule has 19 heavy (non-hydrogen) atoms. The van der Waals surface area contributed by atoms with E-state index in [1.54, 1.807) is 10.4 Å². The van der Waals surface area contributed by atoms with E-state index in [0.717, 1.165) is 28.0 Å². The third-order valence-corrected chi connectivity index (χ3v) is 7.23. The average molecular weight is 367 g/mol. The maximum Gasteiger partial charge on any atom is 0.244 e. The second-order valence-electron chi connectivity index (χ2n) is 4.88. The minimum Gasteiger partial charge on any atom is -0.319 e. The van der Waals surface area contributed by atoms with Gasteiger partial charge < -0.3 is 5.32 Å². The number of nitrogens with one attached hydrogen (secondary N) is 1. The van der Waals surface area contributed by atoms with Crippen molar-refractivity contribution in [1.29, 1.82) is 0 Å². The van der Waals surface area contributed by atoms with E-state index in [1.165, 1.54) is 11.3 Å². The van der Waals surface area contributed by atoms with Gasteiger partial charge in [0.1, 0.15) is 0 Å². The highest BCUT2D eigenvalue weighted by Crippen LogP contribution is 2.32. The van der Waals surface area contributed by atoms with Crippen LogP contribution >= 0.6 is 27.3 Å². The van der Waals surface area contributed by atoms with Crippen LogP contribution in [-0.2, 0) is 10.0 Å². The maximum atomic E-state index is 12.6. The summed E-state index contributed by atoms with van der Waals surface area (Å²) in [5, 5.41) is 3.16. The number of sulfonamides is 1. The average Bonchev–Trinajstić information content (AvgIpc) is 2.70. The van der Waals surface area contributed by atoms with Crippen molar-refractivity contribution in [1.82, 2.24) is 9.62 Å². The van der Waals surface area contributed by atoms with Gasteiger partial charge in [0.15, 0.2) is 0 Å². The quantitative estimate of drug-likeness (QED) is 0.889. The van der Waals surface area contributed by atoms with E-state index in [1.807, 2.05) is 14.0 Å². The van der Waals surface area contributed by atoms with Gasteiger partial charge in [-0.2, -0.15) is 4.31 Å². The summed E-state index contributed by atoms with van der Waals surface area (Å²) in [4.78, 5) is 1.31. The van der Waals surface area contributed by atoms with Gasteiger partial charge in [-0.25, -0.2) is 8.42 Å². The summed E-state index contributed by atoms with van der Waals surface area (Å²) in [6.07, 6.45) is 1.87. The van der Waals surface area contributed by atoms with Gasteiger partial charge in [-0.05, 0) is 61.3 Å². The van der Waals surface area contributed by atoms with Crippen LogP contribution in [0.3, 0.4) is 0 Å². The summed E-state index contributed by atoms with van der Waals surface area (Å²) >= 11 is 4.83. The molecule has 4 nitrogen and oxygen atoms in total. The minimum atomic E-state index is -3.32. The van der Waals surface area contributed by atoms with Gasteiger partial charge in [0.2, 0.25) is 10.0 Å². The molecule has 0 aliphatic carbocycles. The number of hydrogen-bond acceptors (Lipinski definition) is 4. The molecule has 0 aromatic carbocycles. The lowest BCUT2D eigenvalue weighted by molar-refractivity contribution is 0.270. The van der Waals surface area contributed by atoms with Crippen LogP contribution in [0.25, 0.3) is 0 Å². The van der Waals surface area contributed by atoms with E-state index >= 15 is 0 Å². The third kappa shape index (κ3) is 3.39. The molecular weight excluding hydrogens is 348 g/mol. The van der Waals surface area contributed by atoms with Gasteiger partial charge in [0.25, 0.3) is 0 Å². The fraction of sp³-hybridized carbons (Fsp3) is 0.667. The highest BCUT2D eigenvalue weighted by Gasteiger charge is 2.31. The van der Waals surface area contributed by atoms with Crippen LogP contribution in [0.15, 0.2) is 14.7 Å². The van der Waals surface area contributed by atoms with Crippen LogP contribution in [0.5, 0.6) is 0 Å². The Kier molecular flexibility index (Phi) is 5.05. The highest BCUT2D eigenvalue weighted by molar-refractivity contribution is 9.11. The molecule has 1 aliphatic rings. The lowest BCUT2D eigenvalue weighted by atomic mass is 9.98. The molecule has 2 rings (SSSR count). The van der Waals surface area contributed by atoms with E-state index in [2.05, 4.69) is 21.2 Å². The second-order valence-corrected chi connectivity index (χ2v) is 9.42. The third-order valence-electron chi connectivity index (χ3n) is 3.53. The Morgan fingerprint density at radius 2 is 2.11 bits per heavy atom. The molecule has 1 aliphatic heterocycles. The number of thiophene rings is 1. The first-order chi connectivity index (χ1) is 8.95. The Morgan fingerprint density at radius 1 is 1.47 bits per heavy atom. The molecule has 0 unspecified atom stereocenters. The van der Waals surface area contributed by atoms with Crippen LogP contribution in [0.4, 0.5) is 0 Å². The molecule has 1 saturated heterocycles. The van der Waals surface area contributed by atoms with Crippen LogP contribution in [0, 0.1) is 12.8 Å². The van der Waals surface area contributed by atoms with Crippen molar-refractivity contribution < 1.29 is 8.42 Å². The van der Waals surface area contributed by atoms with E-state index in [-0.39, 0.29) is 0 Å². The zero-order valence-electron chi connectivity index (χ0n) is 11.1. The number of hydrogen-bond donors (Lipinski definition) is 1. The van der Waals surface area contributed by atoms with Gasteiger partial charge in [0.05, 0.1) is 8.68 Å². The van der Waals surface area contributed by atoms with Crippen molar-refractivity contribution in [2.75, 3.05) is 26.7 Å². The van der Waals surface area contributed by atoms with Gasteiger partial charge in [-0.15, -0.1) is 11.3 Å². The first-order valence-electron chi connectivity index (χ1n) is 6.36. The Balaban J connectivity index is 2.12. The van der Waals surface area contributed by atoms with E-state index in [0.29, 0.717) is 23.9 Å². The van der Waals surface area contributed by atoms with Gasteiger partial charge in [-0.3, -0.25) is 0 Å². The molecule has 7 heteroatoms. The first-order valence-corrected chi connectivity index (χ1v) is 9.40. The summed E-state index contributed by atoms with van der Waals surface area (Å²) in [6, 6.07) is 1.72. The lowest BCUT2D eigenvalue weighted by Crippen LogP contribution is -2.40. The molecule has 0 bridgehead atoms. The molecule has 108 valence electrons. The van der Waals surface area contributed by atoms with E-state index in [9.17, 15) is 8.42 Å². The largest absolute Gasteiger partial charge is 0.319 e. The SMILES string of the molecule is CNCC1CCN(S(=O)(=O)c2cc(Br)sc2C)CC1. The molecule has 0 amide bonds. The summed E-state index contributed by atoms with van der Waals surface area (Å²) in [5.74, 6) is 0.590. The van der Waals surface area contributed by atoms with Crippen molar-refractivity contribution in [3.63, 3.8) is 0 Å². The molecule has 0 atom stereocenters. The zero-order chi connectivity index (χ0) is 14.0. The number of nitrogens with zero attached hydrogens (tertiary/aromatic N) is 1. The summed E-state index contributed by atoms with van der Waals surface area (Å²) in [6.45, 7) is 4.08. The smallest absolute Gasteiger partial charge is 0.244 e. The van der Waals surface area contributed by atoms with Crippen LogP contribution in [0.1, 0.15) is 17.7 Å². The molecular formula is C12H19BrN2O2S2. The Hall–Kier alpha value is 0.0500. The molecule has 1 aromatic heterocycles. The lowest BCUT2D eigenvalue weighted by Gasteiger charge is -2.31. The number of halogens is 1. The first kappa shape index (κ1) is 15.4. The van der Waals surface area contributed by atoms with Crippen molar-refractivity contribution in [3.8, 4) is 0 Å². The van der Waals surface area contributed by atoms with Crippen LogP contribution in [0.2, 0.25) is 0 Å². The van der Waals surface area contributed by atoms with E-state index < -0.39 is 10.0 Å². The Labute approximate surface area is 127 Å². The van der Waals surface area contributed by atoms with Gasteiger partial charge in [-0.1, -0.05) is 0 Å². The molecule has 0 spiro atoms. The monoisotopic (exact) mass is 366 g/mol. The standard InChI is InChI=1S/C12H19BrN2O2S2/c1-9-11(7-12(13)18-9)19(16,17)15-5-3-10(4-6-15)8-14-2/h7,10,14H,3-6,8H2,1-2H3. The number of aryl methyl sites for hydroxylation is 1. The van der Waals surface area contributed by atoms with Crippen molar-refractivity contribution >= 4 is 37.3 Å². The van der Waals surface area contributed by atoms with E-state index in [4.69, 9.17) is 0 Å². The Bertz CT molecular complexity index is 534. The van der Waals surface area contributed by atoms with Crippen LogP contribution in [-0.4, -0.2) is 39.4 Å². The predicted molar refractivity (Wildman–Crippen MR) is 82.2 cm³/mol. The number of rotatable bonds is 4. The second kappa shape index (κ2) is 6.22. The van der Waals surface area contributed by atoms with Crippen molar-refractivity contribution in [2.24, 2.45) is 5.92 Å². The Morgan fingerprint density at radius 3 is 2.58 bits per heavy atom. The summed E-state index contributed by atoms with van der Waals surface area (Å²) in [7, 11) is -1.38. The van der Waals surface area contributed by atoms with Crippen molar-refractivity contribution in [3.05, 3.63) is 14.7 Å². The topological polar surface area (TPSA) is 49.4 Å². The van der Waals surface area contributed by atoms with Gasteiger partial charge in [0, 0.05) is 18.0 Å². The molecule has 2 heterocycles. The van der Waals surface area contributed by atoms with Crippen molar-refractivity contribution in [2.45, 2.75) is 24.7 Å². The fourth-order valence-corrected chi connectivity index (χ4v) is 6.32. The molecule has 1 N–H and O–H groups in total. The number of piperidine rings is 1. The highest BCUT2D eigenvalue weighted by atomic mass is 79.9. The van der Waals surface area contributed by atoms with Gasteiger partial charge >= 0.3 is 0 Å². The normalized spacial score (nSPS) is 18.9. The predicted octanol–water partition coefficient (Wildman–Crippen LogP) is 2.44. The summed E-state index contributed by atoms with van der Waals surface area (Å²) < 4.78 is 27.7. The molecule has 0 radical (unpaired) electrons.